The molecule has 2 aliphatic rings. The lowest BCUT2D eigenvalue weighted by Crippen LogP contribution is -2.50. The Bertz CT molecular complexity index is 1550. The lowest BCUT2D eigenvalue weighted by molar-refractivity contribution is -0.128. The highest BCUT2D eigenvalue weighted by Crippen LogP contribution is 2.38. The second-order valence-electron chi connectivity index (χ2n) is 13.0. The average molecular weight is 636 g/mol. The number of fused-ring (bicyclic) bond motifs is 1. The zero-order valence-corrected chi connectivity index (χ0v) is 26.7. The van der Waals surface area contributed by atoms with Crippen LogP contribution < -0.4 is 15.5 Å². The van der Waals surface area contributed by atoms with Gasteiger partial charge in [0.05, 0.1) is 10.6 Å². The summed E-state index contributed by atoms with van der Waals surface area (Å²) in [5.41, 5.74) is 2.30. The summed E-state index contributed by atoms with van der Waals surface area (Å²) in [6.45, 7) is 9.48. The molecule has 12 heteroatoms. The molecule has 3 heterocycles. The monoisotopic (exact) mass is 634 g/mol. The number of aromatic nitrogens is 3. The van der Waals surface area contributed by atoms with E-state index in [1.54, 1.807) is 18.2 Å². The molecule has 232 valence electrons. The van der Waals surface area contributed by atoms with Gasteiger partial charge < -0.3 is 20.1 Å². The standard InChI is InChI=1S/C31H38Cl2F2N6O2/c1-17-8-10-41(11-9-17)26-21(28(42)37-19-14-31(34,35)15-19)12-23-27(39-26)40(5)24(38-23)13-20-22(32)7-6-18(25(20)33)16-36-29(43)30(2,3)4/h6-7,12,17,19H,8-11,13-16H2,1-5H3,(H,36,43)(H,37,42). The summed E-state index contributed by atoms with van der Waals surface area (Å²) in [5, 5.41) is 6.61. The Morgan fingerprint density at radius 3 is 2.42 bits per heavy atom. The number of nitrogens with one attached hydrogen (secondary N) is 2. The van der Waals surface area contributed by atoms with E-state index in [0.717, 1.165) is 31.5 Å². The van der Waals surface area contributed by atoms with Gasteiger partial charge in [0.2, 0.25) is 5.91 Å². The number of hydrogen-bond acceptors (Lipinski definition) is 5. The Kier molecular flexibility index (Phi) is 8.66. The van der Waals surface area contributed by atoms with Crippen molar-refractivity contribution < 1.29 is 18.4 Å². The first-order valence-corrected chi connectivity index (χ1v) is 15.4. The quantitative estimate of drug-likeness (QED) is 0.319. The SMILES string of the molecule is CC1CCN(c2nc3c(cc2C(=O)NC2CC(F)(F)C2)nc(Cc2c(Cl)ccc(CNC(=O)C(C)(C)C)c2Cl)n3C)CC1. The fourth-order valence-electron chi connectivity index (χ4n) is 5.51. The van der Waals surface area contributed by atoms with Crippen LogP contribution >= 0.6 is 23.2 Å². The van der Waals surface area contributed by atoms with Crippen molar-refractivity contribution in [2.45, 2.75) is 78.3 Å². The maximum atomic E-state index is 13.5. The number of carbonyl (C=O) groups excluding carboxylic acids is 2. The van der Waals surface area contributed by atoms with Crippen molar-refractivity contribution in [3.05, 3.63) is 50.8 Å². The highest BCUT2D eigenvalue weighted by atomic mass is 35.5. The van der Waals surface area contributed by atoms with E-state index in [1.165, 1.54) is 0 Å². The van der Waals surface area contributed by atoms with Crippen LogP contribution in [0.2, 0.25) is 10.0 Å². The van der Waals surface area contributed by atoms with Gasteiger partial charge in [0.25, 0.3) is 11.8 Å². The van der Waals surface area contributed by atoms with Crippen LogP contribution in [0.25, 0.3) is 11.2 Å². The van der Waals surface area contributed by atoms with Gasteiger partial charge in [-0.3, -0.25) is 9.59 Å². The summed E-state index contributed by atoms with van der Waals surface area (Å²) < 4.78 is 28.8. The third-order valence-corrected chi connectivity index (χ3v) is 9.22. The van der Waals surface area contributed by atoms with E-state index in [0.29, 0.717) is 56.3 Å². The number of rotatable bonds is 7. The van der Waals surface area contributed by atoms with E-state index < -0.39 is 23.3 Å². The molecule has 1 aliphatic carbocycles. The number of hydrogen-bond donors (Lipinski definition) is 2. The predicted octanol–water partition coefficient (Wildman–Crippen LogP) is 6.29. The van der Waals surface area contributed by atoms with Gasteiger partial charge in [0, 0.05) is 62.4 Å². The van der Waals surface area contributed by atoms with Gasteiger partial charge in [-0.2, -0.15) is 0 Å². The molecule has 0 atom stereocenters. The van der Waals surface area contributed by atoms with Crippen LogP contribution in [0.3, 0.4) is 0 Å². The number of alkyl halides is 2. The van der Waals surface area contributed by atoms with Crippen LogP contribution in [-0.4, -0.2) is 51.4 Å². The van der Waals surface area contributed by atoms with Gasteiger partial charge >= 0.3 is 0 Å². The molecule has 2 N–H and O–H groups in total. The molecule has 0 bridgehead atoms. The number of imidazole rings is 1. The van der Waals surface area contributed by atoms with Gasteiger partial charge in [0.1, 0.15) is 17.2 Å². The number of halogens is 4. The summed E-state index contributed by atoms with van der Waals surface area (Å²) in [4.78, 5) is 37.6. The largest absolute Gasteiger partial charge is 0.356 e. The predicted molar refractivity (Wildman–Crippen MR) is 165 cm³/mol. The van der Waals surface area contributed by atoms with Crippen molar-refractivity contribution in [1.82, 2.24) is 25.2 Å². The molecule has 2 amide bonds. The molecule has 1 aromatic carbocycles. The van der Waals surface area contributed by atoms with E-state index in [1.807, 2.05) is 32.4 Å². The van der Waals surface area contributed by atoms with Crippen molar-refractivity contribution in [3.63, 3.8) is 0 Å². The smallest absolute Gasteiger partial charge is 0.255 e. The molecule has 8 nitrogen and oxygen atoms in total. The fourth-order valence-corrected chi connectivity index (χ4v) is 6.08. The van der Waals surface area contributed by atoms with E-state index in [4.69, 9.17) is 33.2 Å². The molecule has 0 unspecified atom stereocenters. The highest BCUT2D eigenvalue weighted by molar-refractivity contribution is 6.36. The normalized spacial score (nSPS) is 17.7. The highest BCUT2D eigenvalue weighted by Gasteiger charge is 2.46. The Balaban J connectivity index is 1.47. The van der Waals surface area contributed by atoms with Crippen LogP contribution in [0.5, 0.6) is 0 Å². The first-order valence-electron chi connectivity index (χ1n) is 14.7. The van der Waals surface area contributed by atoms with Gasteiger partial charge in [-0.25, -0.2) is 18.7 Å². The van der Waals surface area contributed by atoms with Crippen molar-refractivity contribution in [2.24, 2.45) is 18.4 Å². The minimum Gasteiger partial charge on any atom is -0.356 e. The van der Waals surface area contributed by atoms with Crippen LogP contribution in [0, 0.1) is 11.3 Å². The number of nitrogens with zero attached hydrogens (tertiary/aromatic N) is 4. The summed E-state index contributed by atoms with van der Waals surface area (Å²) in [5.74, 6) is -1.51. The zero-order chi connectivity index (χ0) is 31.3. The number of benzene rings is 1. The van der Waals surface area contributed by atoms with E-state index in [9.17, 15) is 18.4 Å². The average Bonchev–Trinajstić information content (AvgIpc) is 3.22. The Morgan fingerprint density at radius 2 is 1.79 bits per heavy atom. The summed E-state index contributed by atoms with van der Waals surface area (Å²) in [6.07, 6.45) is 1.50. The molecule has 5 rings (SSSR count). The number of carbonyl (C=O) groups is 2. The molecular formula is C31H38Cl2F2N6O2. The van der Waals surface area contributed by atoms with Crippen LogP contribution in [-0.2, 0) is 24.8 Å². The molecule has 2 aromatic heterocycles. The van der Waals surface area contributed by atoms with Crippen LogP contribution in [0.4, 0.5) is 14.6 Å². The number of pyridine rings is 1. The van der Waals surface area contributed by atoms with Crippen LogP contribution in [0.15, 0.2) is 18.2 Å². The van der Waals surface area contributed by atoms with Gasteiger partial charge in [0.15, 0.2) is 5.65 Å². The van der Waals surface area contributed by atoms with Crippen molar-refractivity contribution in [1.29, 1.82) is 0 Å². The number of anilines is 1. The van der Waals surface area contributed by atoms with Gasteiger partial charge in [-0.1, -0.05) is 57.0 Å². The number of amides is 2. The second-order valence-corrected chi connectivity index (χ2v) is 13.8. The topological polar surface area (TPSA) is 92.2 Å². The summed E-state index contributed by atoms with van der Waals surface area (Å²) >= 11 is 13.4. The molecule has 2 fully saturated rings. The van der Waals surface area contributed by atoms with E-state index in [2.05, 4.69) is 22.5 Å². The van der Waals surface area contributed by atoms with Crippen molar-refractivity contribution in [2.75, 3.05) is 18.0 Å². The van der Waals surface area contributed by atoms with Crippen LogP contribution in [0.1, 0.15) is 80.7 Å². The minimum atomic E-state index is -2.74. The molecule has 0 radical (unpaired) electrons. The molecule has 0 spiro atoms. The van der Waals surface area contributed by atoms with Crippen molar-refractivity contribution in [3.8, 4) is 0 Å². The molecule has 1 saturated carbocycles. The lowest BCUT2D eigenvalue weighted by Gasteiger charge is -2.36. The maximum Gasteiger partial charge on any atom is 0.255 e. The number of aryl methyl sites for hydroxylation is 1. The summed E-state index contributed by atoms with van der Waals surface area (Å²) in [7, 11) is 1.85. The molecule has 1 saturated heterocycles. The molecule has 43 heavy (non-hydrogen) atoms. The third-order valence-electron chi connectivity index (χ3n) is 8.39. The maximum absolute atomic E-state index is 13.5. The third kappa shape index (κ3) is 6.75. The zero-order valence-electron chi connectivity index (χ0n) is 25.2. The molecular weight excluding hydrogens is 597 g/mol. The number of piperidine rings is 1. The lowest BCUT2D eigenvalue weighted by atomic mass is 9.88. The first-order chi connectivity index (χ1) is 20.1. The summed E-state index contributed by atoms with van der Waals surface area (Å²) in [6, 6.07) is 4.68. The first kappa shape index (κ1) is 31.4. The molecule has 1 aliphatic heterocycles. The molecule has 3 aromatic rings. The Hall–Kier alpha value is -2.98. The van der Waals surface area contributed by atoms with Crippen molar-refractivity contribution >= 4 is 52.0 Å². The van der Waals surface area contributed by atoms with E-state index in [-0.39, 0.29) is 25.3 Å². The Labute approximate surface area is 260 Å². The fraction of sp³-hybridized carbons (Fsp3) is 0.548. The second kappa shape index (κ2) is 11.8. The van der Waals surface area contributed by atoms with Gasteiger partial charge in [-0.15, -0.1) is 0 Å². The minimum absolute atomic E-state index is 0.0914. The van der Waals surface area contributed by atoms with E-state index >= 15 is 0 Å². The van der Waals surface area contributed by atoms with Gasteiger partial charge in [-0.05, 0) is 42.0 Å². The Morgan fingerprint density at radius 1 is 1.12 bits per heavy atom.